The molecule has 12 heteroatoms. The van der Waals surface area contributed by atoms with Crippen molar-refractivity contribution in [2.24, 2.45) is 0 Å². The third-order valence-corrected chi connectivity index (χ3v) is 3.22. The van der Waals surface area contributed by atoms with E-state index in [0.717, 1.165) is 17.2 Å². The van der Waals surface area contributed by atoms with Gasteiger partial charge in [-0.2, -0.15) is 0 Å². The van der Waals surface area contributed by atoms with Gasteiger partial charge in [0.2, 0.25) is 0 Å². The molecule has 0 aliphatic rings. The van der Waals surface area contributed by atoms with Gasteiger partial charge in [0.05, 0.1) is 12.4 Å². The Morgan fingerprint density at radius 2 is 2.00 bits per heavy atom. The van der Waals surface area contributed by atoms with Crippen molar-refractivity contribution in [3.8, 4) is 0 Å². The fraction of sp³-hybridized carbons (Fsp3) is 0.444. The Morgan fingerprint density at radius 3 is 2.57 bits per heavy atom. The molecule has 21 heavy (non-hydrogen) atoms. The summed E-state index contributed by atoms with van der Waals surface area (Å²) in [5.74, 6) is 0.0791. The molecule has 2 aromatic rings. The van der Waals surface area contributed by atoms with Crippen LogP contribution in [-0.2, 0) is 9.09 Å². The molecule has 2 heterocycles. The van der Waals surface area contributed by atoms with Crippen LogP contribution in [0.1, 0.15) is 13.2 Å². The zero-order valence-electron chi connectivity index (χ0n) is 10.8. The minimum absolute atomic E-state index is 0.0791. The quantitative estimate of drug-likeness (QED) is 0.419. The number of rotatable bonds is 5. The molecule has 6 N–H and O–H groups in total. The monoisotopic (exact) mass is 319 g/mol. The van der Waals surface area contributed by atoms with Crippen LogP contribution in [0, 0.1) is 0 Å². The van der Waals surface area contributed by atoms with Gasteiger partial charge in [-0.25, -0.2) is 19.5 Å². The van der Waals surface area contributed by atoms with Crippen molar-refractivity contribution in [1.82, 2.24) is 19.5 Å². The van der Waals surface area contributed by atoms with Gasteiger partial charge in [-0.05, 0) is 6.92 Å². The first kappa shape index (κ1) is 15.8. The molecule has 2 aromatic heterocycles. The molecule has 0 aromatic carbocycles. The van der Waals surface area contributed by atoms with Crippen LogP contribution in [0.25, 0.3) is 11.2 Å². The van der Waals surface area contributed by atoms with E-state index in [2.05, 4.69) is 19.5 Å². The molecule has 116 valence electrons. The summed E-state index contributed by atoms with van der Waals surface area (Å²) < 4.78 is 16.4. The molecule has 0 aliphatic carbocycles. The third-order valence-electron chi connectivity index (χ3n) is 2.70. The molecule has 2 unspecified atom stereocenters. The van der Waals surface area contributed by atoms with Gasteiger partial charge >= 0.3 is 7.82 Å². The molecule has 0 fully saturated rings. The maximum atomic E-state index is 10.9. The van der Waals surface area contributed by atoms with Gasteiger partial charge in [-0.15, -0.1) is 0 Å². The summed E-state index contributed by atoms with van der Waals surface area (Å²) >= 11 is 0. The molecular formula is C9H14N5O6P. The zero-order valence-corrected chi connectivity index (χ0v) is 11.7. The van der Waals surface area contributed by atoms with Crippen molar-refractivity contribution in [2.75, 3.05) is 5.73 Å². The third kappa shape index (κ3) is 3.35. The second-order valence-electron chi connectivity index (χ2n) is 4.30. The average molecular weight is 319 g/mol. The first-order valence-electron chi connectivity index (χ1n) is 5.74. The normalized spacial score (nSPS) is 16.8. The Kier molecular flexibility index (Phi) is 4.23. The second-order valence-corrected chi connectivity index (χ2v) is 5.49. The molecule has 11 nitrogen and oxygen atoms in total. The number of aliphatic hydroxyl groups excluding tert-OH is 2. The number of nitrogens with zero attached hydrogens (tertiary/aromatic N) is 4. The van der Waals surface area contributed by atoms with Crippen LogP contribution in [0.15, 0.2) is 12.7 Å². The average Bonchev–Trinajstić information content (AvgIpc) is 2.79. The summed E-state index contributed by atoms with van der Waals surface area (Å²) in [6.45, 7) is 1.21. The number of nitrogen functional groups attached to an aromatic ring is 1. The highest BCUT2D eigenvalue weighted by Gasteiger charge is 2.34. The highest BCUT2D eigenvalue weighted by molar-refractivity contribution is 7.46. The highest BCUT2D eigenvalue weighted by atomic mass is 31.2. The van der Waals surface area contributed by atoms with Crippen LogP contribution < -0.4 is 5.73 Å². The Morgan fingerprint density at radius 1 is 1.33 bits per heavy atom. The van der Waals surface area contributed by atoms with Crippen molar-refractivity contribution in [3.63, 3.8) is 0 Å². The van der Waals surface area contributed by atoms with Crippen LogP contribution in [0.2, 0.25) is 0 Å². The predicted octanol–water partition coefficient (Wildman–Crippen LogP) is -1.24. The van der Waals surface area contributed by atoms with E-state index < -0.39 is 26.3 Å². The number of anilines is 1. The Labute approximate surface area is 118 Å². The Bertz CT molecular complexity index is 684. The van der Waals surface area contributed by atoms with E-state index in [0.29, 0.717) is 0 Å². The summed E-state index contributed by atoms with van der Waals surface area (Å²) in [6, 6.07) is 0. The highest BCUT2D eigenvalue weighted by Crippen LogP contribution is 2.40. The summed E-state index contributed by atoms with van der Waals surface area (Å²) in [5, 5.41) is 19.7. The van der Waals surface area contributed by atoms with E-state index in [4.69, 9.17) is 15.5 Å². The van der Waals surface area contributed by atoms with Crippen LogP contribution in [0.5, 0.6) is 0 Å². The van der Waals surface area contributed by atoms with Crippen molar-refractivity contribution < 1.29 is 29.1 Å². The van der Waals surface area contributed by atoms with Gasteiger partial charge in [0.15, 0.2) is 17.7 Å². The fourth-order valence-electron chi connectivity index (χ4n) is 1.77. The van der Waals surface area contributed by atoms with Crippen molar-refractivity contribution in [2.45, 2.75) is 25.4 Å². The molecule has 0 aliphatic heterocycles. The molecule has 2 rings (SSSR count). The maximum absolute atomic E-state index is 10.9. The number of nitrogens with two attached hydrogens (primary N) is 1. The standard InChI is InChI=1S/C9H14N5O6P/c1-4(15)6(20-21(17,18)19)9(16)14-3-13-5-7(10)11-2-12-8(5)14/h2-4,6,9,15-16H,1H3,(H2,10,11,12)(H2,17,18,19)/t4?,6?,9-/m1/s1. The number of phosphoric ester groups is 1. The van der Waals surface area contributed by atoms with Crippen LogP contribution in [0.4, 0.5) is 5.82 Å². The van der Waals surface area contributed by atoms with E-state index in [9.17, 15) is 14.8 Å². The van der Waals surface area contributed by atoms with E-state index in [1.807, 2.05) is 0 Å². The van der Waals surface area contributed by atoms with Crippen LogP contribution >= 0.6 is 7.82 Å². The lowest BCUT2D eigenvalue weighted by Crippen LogP contribution is -2.35. The van der Waals surface area contributed by atoms with Gasteiger partial charge in [-0.3, -0.25) is 9.09 Å². The first-order valence-corrected chi connectivity index (χ1v) is 7.27. The molecule has 0 amide bonds. The number of imidazole rings is 1. The minimum atomic E-state index is -4.91. The SMILES string of the molecule is CC(O)C(OP(=O)(O)O)[C@@H](O)n1cnc2c(N)ncnc21. The molecular weight excluding hydrogens is 305 g/mol. The summed E-state index contributed by atoms with van der Waals surface area (Å²) in [7, 11) is -4.91. The number of phosphoric acid groups is 1. The van der Waals surface area contributed by atoms with E-state index in [1.54, 1.807) is 0 Å². The van der Waals surface area contributed by atoms with Crippen LogP contribution in [-0.4, -0.2) is 51.7 Å². The van der Waals surface area contributed by atoms with Crippen molar-refractivity contribution in [1.29, 1.82) is 0 Å². The fourth-order valence-corrected chi connectivity index (χ4v) is 2.37. The maximum Gasteiger partial charge on any atom is 0.470 e. The van der Waals surface area contributed by atoms with Gasteiger partial charge in [0, 0.05) is 0 Å². The van der Waals surface area contributed by atoms with Crippen molar-refractivity contribution >= 4 is 24.8 Å². The molecule has 3 atom stereocenters. The molecule has 0 spiro atoms. The molecule has 0 radical (unpaired) electrons. The van der Waals surface area contributed by atoms with E-state index >= 15 is 0 Å². The van der Waals surface area contributed by atoms with Crippen molar-refractivity contribution in [3.05, 3.63) is 12.7 Å². The van der Waals surface area contributed by atoms with Crippen LogP contribution in [0.3, 0.4) is 0 Å². The van der Waals surface area contributed by atoms with E-state index in [1.165, 1.54) is 6.92 Å². The largest absolute Gasteiger partial charge is 0.470 e. The lowest BCUT2D eigenvalue weighted by atomic mass is 10.2. The summed E-state index contributed by atoms with van der Waals surface area (Å²) in [4.78, 5) is 29.2. The Hall–Kier alpha value is -1.62. The first-order chi connectivity index (χ1) is 9.70. The second kappa shape index (κ2) is 5.64. The lowest BCUT2D eigenvalue weighted by Gasteiger charge is -2.26. The van der Waals surface area contributed by atoms with Gasteiger partial charge in [-0.1, -0.05) is 0 Å². The number of aromatic nitrogens is 4. The molecule has 0 bridgehead atoms. The topological polar surface area (TPSA) is 177 Å². The number of aliphatic hydroxyl groups is 2. The summed E-state index contributed by atoms with van der Waals surface area (Å²) in [6.07, 6.45) is -2.32. The van der Waals surface area contributed by atoms with Gasteiger partial charge < -0.3 is 25.7 Å². The van der Waals surface area contributed by atoms with Gasteiger partial charge in [0.25, 0.3) is 0 Å². The minimum Gasteiger partial charge on any atom is -0.391 e. The molecule has 0 saturated heterocycles. The predicted molar refractivity (Wildman–Crippen MR) is 69.6 cm³/mol. The Balaban J connectivity index is 2.42. The zero-order chi connectivity index (χ0) is 15.8. The summed E-state index contributed by atoms with van der Waals surface area (Å²) in [5.41, 5.74) is 5.93. The van der Waals surface area contributed by atoms with Gasteiger partial charge in [0.1, 0.15) is 17.9 Å². The smallest absolute Gasteiger partial charge is 0.391 e. The lowest BCUT2D eigenvalue weighted by molar-refractivity contribution is -0.0794. The van der Waals surface area contributed by atoms with E-state index in [-0.39, 0.29) is 17.0 Å². The number of hydrogen-bond donors (Lipinski definition) is 5. The molecule has 0 saturated carbocycles. The number of hydrogen-bond acceptors (Lipinski definition) is 8. The number of fused-ring (bicyclic) bond motifs is 1.